The maximum atomic E-state index is 10.5. The van der Waals surface area contributed by atoms with Gasteiger partial charge in [0.2, 0.25) is 0 Å². The molecule has 0 spiro atoms. The highest BCUT2D eigenvalue weighted by Crippen LogP contribution is 2.30. The maximum absolute atomic E-state index is 10.5. The number of aromatic hydroxyl groups is 1. The van der Waals surface area contributed by atoms with Crippen molar-refractivity contribution in [3.05, 3.63) is 23.8 Å². The lowest BCUT2D eigenvalue weighted by atomic mass is 10.1. The normalized spacial score (nSPS) is 10.6. The molecule has 0 aliphatic carbocycles. The van der Waals surface area contributed by atoms with E-state index in [1.807, 2.05) is 13.0 Å². The van der Waals surface area contributed by atoms with Crippen molar-refractivity contribution in [2.75, 3.05) is 5.75 Å². The number of phenolic OH excluding ortho intramolecular Hbond substituents is 1. The van der Waals surface area contributed by atoms with Gasteiger partial charge in [-0.2, -0.15) is 0 Å². The van der Waals surface area contributed by atoms with E-state index < -0.39 is 5.97 Å². The van der Waals surface area contributed by atoms with Crippen LogP contribution in [-0.2, 0) is 11.8 Å². The third-order valence-electron chi connectivity index (χ3n) is 2.55. The molecule has 0 aliphatic heterocycles. The number of aliphatic carboxylic acids is 1. The molecule has 19 heavy (non-hydrogen) atoms. The number of hydrogen-bond acceptors (Lipinski definition) is 5. The van der Waals surface area contributed by atoms with Gasteiger partial charge in [0.25, 0.3) is 0 Å². The van der Waals surface area contributed by atoms with E-state index in [-0.39, 0.29) is 11.5 Å². The summed E-state index contributed by atoms with van der Waals surface area (Å²) in [6, 6.07) is 5.21. The summed E-state index contributed by atoms with van der Waals surface area (Å²) in [5.41, 5.74) is 1.58. The van der Waals surface area contributed by atoms with Gasteiger partial charge >= 0.3 is 5.97 Å². The fourth-order valence-electron chi connectivity index (χ4n) is 1.63. The predicted octanol–water partition coefficient (Wildman–Crippen LogP) is 1.67. The molecule has 1 heterocycles. The minimum absolute atomic E-state index is 0.0776. The zero-order valence-corrected chi connectivity index (χ0v) is 11.3. The first-order chi connectivity index (χ1) is 8.99. The van der Waals surface area contributed by atoms with Crippen molar-refractivity contribution in [2.45, 2.75) is 12.1 Å². The third-order valence-corrected chi connectivity index (χ3v) is 3.56. The molecular formula is C12H13N3O3S. The van der Waals surface area contributed by atoms with Crippen LogP contribution in [0, 0.1) is 6.92 Å². The van der Waals surface area contributed by atoms with Crippen LogP contribution in [0.3, 0.4) is 0 Å². The van der Waals surface area contributed by atoms with Gasteiger partial charge in [-0.05, 0) is 19.1 Å². The molecule has 0 unspecified atom stereocenters. The minimum Gasteiger partial charge on any atom is -0.507 e. The molecule has 2 rings (SSSR count). The van der Waals surface area contributed by atoms with Crippen LogP contribution < -0.4 is 0 Å². The minimum atomic E-state index is -0.909. The number of rotatable bonds is 4. The van der Waals surface area contributed by atoms with Gasteiger partial charge in [-0.3, -0.25) is 4.79 Å². The Kier molecular flexibility index (Phi) is 3.75. The van der Waals surface area contributed by atoms with E-state index in [0.717, 1.165) is 17.3 Å². The summed E-state index contributed by atoms with van der Waals surface area (Å²) in [7, 11) is 1.74. The van der Waals surface area contributed by atoms with Gasteiger partial charge in [0.05, 0.1) is 11.3 Å². The molecule has 2 aromatic rings. The molecule has 6 nitrogen and oxygen atoms in total. The molecule has 7 heteroatoms. The number of thioether (sulfide) groups is 1. The number of nitrogens with zero attached hydrogens (tertiary/aromatic N) is 3. The summed E-state index contributed by atoms with van der Waals surface area (Å²) in [5.74, 6) is -0.357. The first kappa shape index (κ1) is 13.4. The van der Waals surface area contributed by atoms with Crippen LogP contribution in [0.1, 0.15) is 5.56 Å². The van der Waals surface area contributed by atoms with Crippen LogP contribution in [0.4, 0.5) is 0 Å². The molecule has 0 atom stereocenters. The molecule has 1 aromatic carbocycles. The van der Waals surface area contributed by atoms with Gasteiger partial charge in [-0.1, -0.05) is 23.4 Å². The monoisotopic (exact) mass is 279 g/mol. The molecule has 0 saturated heterocycles. The molecule has 0 amide bonds. The summed E-state index contributed by atoms with van der Waals surface area (Å²) in [4.78, 5) is 10.5. The number of phenols is 1. The Morgan fingerprint density at radius 3 is 2.84 bits per heavy atom. The number of carboxylic acids is 1. The summed E-state index contributed by atoms with van der Waals surface area (Å²) in [5, 5.41) is 26.9. The van der Waals surface area contributed by atoms with Crippen molar-refractivity contribution in [2.24, 2.45) is 7.05 Å². The quantitative estimate of drug-likeness (QED) is 0.828. The lowest BCUT2D eigenvalue weighted by molar-refractivity contribution is -0.133. The largest absolute Gasteiger partial charge is 0.507 e. The average Bonchev–Trinajstić information content (AvgIpc) is 2.71. The molecule has 0 bridgehead atoms. The van der Waals surface area contributed by atoms with Crippen molar-refractivity contribution >= 4 is 17.7 Å². The number of aromatic nitrogens is 3. The van der Waals surface area contributed by atoms with Crippen molar-refractivity contribution < 1.29 is 15.0 Å². The highest BCUT2D eigenvalue weighted by atomic mass is 32.2. The second-order valence-corrected chi connectivity index (χ2v) is 5.01. The van der Waals surface area contributed by atoms with E-state index in [1.165, 1.54) is 0 Å². The second-order valence-electron chi connectivity index (χ2n) is 4.07. The first-order valence-electron chi connectivity index (χ1n) is 5.53. The van der Waals surface area contributed by atoms with E-state index >= 15 is 0 Å². The van der Waals surface area contributed by atoms with E-state index in [1.54, 1.807) is 23.7 Å². The summed E-state index contributed by atoms with van der Waals surface area (Å²) >= 11 is 1.09. The Bertz CT molecular complexity index is 625. The number of carboxylic acid groups (broad SMARTS) is 1. The SMILES string of the molecule is Cc1ccc(O)c(-c2nnc(SCC(=O)O)n2C)c1. The van der Waals surface area contributed by atoms with Crippen molar-refractivity contribution in [3.63, 3.8) is 0 Å². The van der Waals surface area contributed by atoms with Crippen molar-refractivity contribution in [3.8, 4) is 17.1 Å². The van der Waals surface area contributed by atoms with Gasteiger partial charge in [0, 0.05) is 7.05 Å². The number of benzene rings is 1. The summed E-state index contributed by atoms with van der Waals surface area (Å²) in [6.07, 6.45) is 0. The van der Waals surface area contributed by atoms with Crippen molar-refractivity contribution in [1.29, 1.82) is 0 Å². The number of carbonyl (C=O) groups is 1. The molecule has 100 valence electrons. The van der Waals surface area contributed by atoms with Crippen LogP contribution in [-0.4, -0.2) is 36.7 Å². The standard InChI is InChI=1S/C12H13N3O3S/c1-7-3-4-9(16)8(5-7)11-13-14-12(15(11)2)19-6-10(17)18/h3-5,16H,6H2,1-2H3,(H,17,18). The number of hydrogen-bond donors (Lipinski definition) is 2. The third kappa shape index (κ3) is 2.87. The number of aryl methyl sites for hydroxylation is 1. The Morgan fingerprint density at radius 1 is 1.42 bits per heavy atom. The average molecular weight is 279 g/mol. The van der Waals surface area contributed by atoms with E-state index in [4.69, 9.17) is 5.11 Å². The Morgan fingerprint density at radius 2 is 2.16 bits per heavy atom. The van der Waals surface area contributed by atoms with Crippen LogP contribution >= 0.6 is 11.8 Å². The van der Waals surface area contributed by atoms with Gasteiger partial charge in [-0.15, -0.1) is 10.2 Å². The fraction of sp³-hybridized carbons (Fsp3) is 0.250. The van der Waals surface area contributed by atoms with Gasteiger partial charge in [0.15, 0.2) is 11.0 Å². The lowest BCUT2D eigenvalue weighted by Crippen LogP contribution is -2.01. The lowest BCUT2D eigenvalue weighted by Gasteiger charge is -2.06. The Labute approximate surface area is 114 Å². The topological polar surface area (TPSA) is 88.2 Å². The van der Waals surface area contributed by atoms with Crippen LogP contribution in [0.5, 0.6) is 5.75 Å². The second kappa shape index (κ2) is 5.31. The maximum Gasteiger partial charge on any atom is 0.313 e. The van der Waals surface area contributed by atoms with E-state index in [2.05, 4.69) is 10.2 Å². The van der Waals surface area contributed by atoms with Gasteiger partial charge < -0.3 is 14.8 Å². The predicted molar refractivity (Wildman–Crippen MR) is 71.2 cm³/mol. The molecule has 0 aliphatic rings. The zero-order valence-electron chi connectivity index (χ0n) is 10.5. The molecule has 2 N–H and O–H groups in total. The van der Waals surface area contributed by atoms with Crippen LogP contribution in [0.25, 0.3) is 11.4 Å². The van der Waals surface area contributed by atoms with Crippen molar-refractivity contribution in [1.82, 2.24) is 14.8 Å². The Hall–Kier alpha value is -2.02. The highest BCUT2D eigenvalue weighted by molar-refractivity contribution is 7.99. The molecule has 1 aromatic heterocycles. The summed E-state index contributed by atoms with van der Waals surface area (Å²) in [6.45, 7) is 1.92. The fourth-order valence-corrected chi connectivity index (χ4v) is 2.26. The first-order valence-corrected chi connectivity index (χ1v) is 6.51. The van der Waals surface area contributed by atoms with Crippen LogP contribution in [0.15, 0.2) is 23.4 Å². The van der Waals surface area contributed by atoms with E-state index in [0.29, 0.717) is 16.5 Å². The smallest absolute Gasteiger partial charge is 0.313 e. The highest BCUT2D eigenvalue weighted by Gasteiger charge is 2.15. The summed E-state index contributed by atoms with van der Waals surface area (Å²) < 4.78 is 1.67. The molecule has 0 saturated carbocycles. The zero-order chi connectivity index (χ0) is 14.0. The van der Waals surface area contributed by atoms with Gasteiger partial charge in [0.1, 0.15) is 5.75 Å². The van der Waals surface area contributed by atoms with E-state index in [9.17, 15) is 9.90 Å². The molecule has 0 fully saturated rings. The molecule has 0 radical (unpaired) electrons. The van der Waals surface area contributed by atoms with Crippen LogP contribution in [0.2, 0.25) is 0 Å². The Balaban J connectivity index is 2.36. The molecular weight excluding hydrogens is 266 g/mol. The van der Waals surface area contributed by atoms with Gasteiger partial charge in [-0.25, -0.2) is 0 Å².